The van der Waals surface area contributed by atoms with Crippen LogP contribution in [0.3, 0.4) is 0 Å². The van der Waals surface area contributed by atoms with Crippen LogP contribution < -0.4 is 10.1 Å². The fourth-order valence-electron chi connectivity index (χ4n) is 3.61. The Balaban J connectivity index is 1.42. The van der Waals surface area contributed by atoms with Crippen LogP contribution in [0.25, 0.3) is 0 Å². The van der Waals surface area contributed by atoms with E-state index in [1.165, 1.54) is 0 Å². The van der Waals surface area contributed by atoms with E-state index in [4.69, 9.17) is 9.47 Å². The van der Waals surface area contributed by atoms with E-state index in [9.17, 15) is 4.79 Å². The van der Waals surface area contributed by atoms with Crippen molar-refractivity contribution in [3.8, 4) is 5.75 Å². The van der Waals surface area contributed by atoms with E-state index < -0.39 is 5.60 Å². The lowest BCUT2D eigenvalue weighted by molar-refractivity contribution is -0.160. The van der Waals surface area contributed by atoms with Crippen LogP contribution in [0.5, 0.6) is 5.75 Å². The SMILES string of the molecule is COC1(C(=O)N2CCN(CCOc3ccccc3)CC2)CCNCC1. The molecular formula is C19H29N3O3. The van der Waals surface area contributed by atoms with Crippen LogP contribution >= 0.6 is 0 Å². The molecule has 0 bridgehead atoms. The second-order valence-electron chi connectivity index (χ2n) is 6.74. The molecule has 138 valence electrons. The molecule has 2 fully saturated rings. The fourth-order valence-corrected chi connectivity index (χ4v) is 3.61. The predicted octanol–water partition coefficient (Wildman–Crippen LogP) is 0.978. The molecule has 2 heterocycles. The zero-order valence-electron chi connectivity index (χ0n) is 15.1. The van der Waals surface area contributed by atoms with Crippen LogP contribution in [-0.4, -0.2) is 80.8 Å². The average molecular weight is 347 g/mol. The Morgan fingerprint density at radius 2 is 1.80 bits per heavy atom. The molecule has 1 aromatic carbocycles. The largest absolute Gasteiger partial charge is 0.492 e. The van der Waals surface area contributed by atoms with Gasteiger partial charge in [0.05, 0.1) is 0 Å². The minimum Gasteiger partial charge on any atom is -0.492 e. The lowest BCUT2D eigenvalue weighted by Crippen LogP contribution is -2.59. The number of hydrogen-bond donors (Lipinski definition) is 1. The zero-order chi connectivity index (χ0) is 17.5. The number of piperazine rings is 1. The number of nitrogens with one attached hydrogen (secondary N) is 1. The molecule has 6 nitrogen and oxygen atoms in total. The predicted molar refractivity (Wildman–Crippen MR) is 96.8 cm³/mol. The number of methoxy groups -OCH3 is 1. The van der Waals surface area contributed by atoms with Gasteiger partial charge in [0, 0.05) is 39.8 Å². The third-order valence-electron chi connectivity index (χ3n) is 5.27. The number of carbonyl (C=O) groups is 1. The van der Waals surface area contributed by atoms with E-state index >= 15 is 0 Å². The lowest BCUT2D eigenvalue weighted by Gasteiger charge is -2.42. The summed E-state index contributed by atoms with van der Waals surface area (Å²) in [4.78, 5) is 17.3. The second-order valence-corrected chi connectivity index (χ2v) is 6.74. The highest BCUT2D eigenvalue weighted by Crippen LogP contribution is 2.25. The molecule has 0 radical (unpaired) electrons. The molecule has 6 heteroatoms. The van der Waals surface area contributed by atoms with Crippen molar-refractivity contribution in [3.63, 3.8) is 0 Å². The van der Waals surface area contributed by atoms with Crippen LogP contribution in [0.4, 0.5) is 0 Å². The van der Waals surface area contributed by atoms with Gasteiger partial charge in [0.25, 0.3) is 5.91 Å². The molecule has 0 spiro atoms. The van der Waals surface area contributed by atoms with Crippen molar-refractivity contribution in [3.05, 3.63) is 30.3 Å². The Kier molecular flexibility index (Phi) is 6.29. The minimum atomic E-state index is -0.621. The molecular weight excluding hydrogens is 318 g/mol. The molecule has 0 aromatic heterocycles. The zero-order valence-corrected chi connectivity index (χ0v) is 15.1. The second kappa shape index (κ2) is 8.65. The van der Waals surface area contributed by atoms with E-state index in [2.05, 4.69) is 10.2 Å². The van der Waals surface area contributed by atoms with Gasteiger partial charge < -0.3 is 19.7 Å². The van der Waals surface area contributed by atoms with Crippen LogP contribution in [0, 0.1) is 0 Å². The molecule has 0 aliphatic carbocycles. The summed E-state index contributed by atoms with van der Waals surface area (Å²) in [7, 11) is 1.67. The van der Waals surface area contributed by atoms with Crippen molar-refractivity contribution in [2.24, 2.45) is 0 Å². The van der Waals surface area contributed by atoms with Gasteiger partial charge in [-0.1, -0.05) is 18.2 Å². The van der Waals surface area contributed by atoms with Crippen LogP contribution in [0.1, 0.15) is 12.8 Å². The van der Waals surface area contributed by atoms with Crippen LogP contribution in [-0.2, 0) is 9.53 Å². The fraction of sp³-hybridized carbons (Fsp3) is 0.632. The summed E-state index contributed by atoms with van der Waals surface area (Å²) in [6.45, 7) is 6.56. The smallest absolute Gasteiger partial charge is 0.254 e. The number of rotatable bonds is 6. The van der Waals surface area contributed by atoms with E-state index in [1.807, 2.05) is 35.2 Å². The van der Waals surface area contributed by atoms with Gasteiger partial charge in [0.2, 0.25) is 0 Å². The van der Waals surface area contributed by atoms with Gasteiger partial charge in [-0.3, -0.25) is 9.69 Å². The van der Waals surface area contributed by atoms with E-state index in [0.29, 0.717) is 6.61 Å². The Morgan fingerprint density at radius 3 is 2.44 bits per heavy atom. The summed E-state index contributed by atoms with van der Waals surface area (Å²) >= 11 is 0. The quantitative estimate of drug-likeness (QED) is 0.831. The highest BCUT2D eigenvalue weighted by molar-refractivity contribution is 5.85. The maximum Gasteiger partial charge on any atom is 0.254 e. The highest BCUT2D eigenvalue weighted by Gasteiger charge is 2.42. The summed E-state index contributed by atoms with van der Waals surface area (Å²) in [5.41, 5.74) is -0.621. The van der Waals surface area contributed by atoms with E-state index in [0.717, 1.165) is 64.4 Å². The van der Waals surface area contributed by atoms with Crippen LogP contribution in [0.15, 0.2) is 30.3 Å². The minimum absolute atomic E-state index is 0.164. The molecule has 1 aromatic rings. The van der Waals surface area contributed by atoms with Gasteiger partial charge in [-0.15, -0.1) is 0 Å². The Hall–Kier alpha value is -1.63. The van der Waals surface area contributed by atoms with Crippen molar-refractivity contribution < 1.29 is 14.3 Å². The standard InChI is InChI=1S/C19H29N3O3/c1-24-19(7-9-20-10-8-19)18(23)22-13-11-21(12-14-22)15-16-25-17-5-3-2-4-6-17/h2-6,20H,7-16H2,1H3. The molecule has 2 aliphatic heterocycles. The number of carbonyl (C=O) groups excluding carboxylic acids is 1. The molecule has 1 N–H and O–H groups in total. The van der Waals surface area contributed by atoms with Crippen molar-refractivity contribution >= 4 is 5.91 Å². The highest BCUT2D eigenvalue weighted by atomic mass is 16.5. The Morgan fingerprint density at radius 1 is 1.12 bits per heavy atom. The maximum atomic E-state index is 12.9. The third-order valence-corrected chi connectivity index (χ3v) is 5.27. The number of ether oxygens (including phenoxy) is 2. The number of para-hydroxylation sites is 1. The average Bonchev–Trinajstić information content (AvgIpc) is 2.69. The Labute approximate surface area is 150 Å². The first-order valence-electron chi connectivity index (χ1n) is 9.19. The van der Waals surface area contributed by atoms with Crippen molar-refractivity contribution in [2.75, 3.05) is 59.5 Å². The number of benzene rings is 1. The summed E-state index contributed by atoms with van der Waals surface area (Å²) in [6, 6.07) is 9.89. The molecule has 2 aliphatic rings. The van der Waals surface area contributed by atoms with Crippen molar-refractivity contribution in [1.29, 1.82) is 0 Å². The van der Waals surface area contributed by atoms with Gasteiger partial charge >= 0.3 is 0 Å². The molecule has 2 saturated heterocycles. The first kappa shape index (κ1) is 18.2. The van der Waals surface area contributed by atoms with Crippen molar-refractivity contribution in [1.82, 2.24) is 15.1 Å². The molecule has 0 unspecified atom stereocenters. The summed E-state index contributed by atoms with van der Waals surface area (Å²) in [5.74, 6) is 1.07. The number of nitrogens with zero attached hydrogens (tertiary/aromatic N) is 2. The van der Waals surface area contributed by atoms with Gasteiger partial charge in [-0.05, 0) is 38.1 Å². The van der Waals surface area contributed by atoms with Crippen molar-refractivity contribution in [2.45, 2.75) is 18.4 Å². The van der Waals surface area contributed by atoms with Crippen LogP contribution in [0.2, 0.25) is 0 Å². The molecule has 0 atom stereocenters. The monoisotopic (exact) mass is 347 g/mol. The topological polar surface area (TPSA) is 54.0 Å². The van der Waals surface area contributed by atoms with Gasteiger partial charge in [-0.25, -0.2) is 0 Å². The van der Waals surface area contributed by atoms with Gasteiger partial charge in [-0.2, -0.15) is 0 Å². The first-order valence-corrected chi connectivity index (χ1v) is 9.19. The van der Waals surface area contributed by atoms with Gasteiger partial charge in [0.15, 0.2) is 0 Å². The summed E-state index contributed by atoms with van der Waals surface area (Å²) in [6.07, 6.45) is 1.51. The number of amides is 1. The van der Waals surface area contributed by atoms with E-state index in [1.54, 1.807) is 7.11 Å². The third kappa shape index (κ3) is 4.51. The molecule has 1 amide bonds. The molecule has 0 saturated carbocycles. The van der Waals surface area contributed by atoms with E-state index in [-0.39, 0.29) is 5.91 Å². The molecule has 25 heavy (non-hydrogen) atoms. The summed E-state index contributed by atoms with van der Waals surface area (Å²) in [5, 5.41) is 3.30. The molecule has 3 rings (SSSR count). The maximum absolute atomic E-state index is 12.9. The normalized spacial score (nSPS) is 21.1. The number of piperidine rings is 1. The lowest BCUT2D eigenvalue weighted by atomic mass is 9.90. The Bertz CT molecular complexity index is 538. The first-order chi connectivity index (χ1) is 12.2. The number of hydrogen-bond acceptors (Lipinski definition) is 5. The summed E-state index contributed by atoms with van der Waals surface area (Å²) < 4.78 is 11.4. The van der Waals surface area contributed by atoms with Gasteiger partial charge in [0.1, 0.15) is 18.0 Å².